The molecule has 0 saturated heterocycles. The van der Waals surface area contributed by atoms with E-state index in [4.69, 9.17) is 4.55 Å². The zero-order chi connectivity index (χ0) is 14.0. The quantitative estimate of drug-likeness (QED) is 0.689. The highest BCUT2D eigenvalue weighted by Crippen LogP contribution is 2.14. The third-order valence-electron chi connectivity index (χ3n) is 3.43. The molecule has 4 nitrogen and oxygen atoms in total. The number of pyridine rings is 1. The molecule has 2 aromatic rings. The molecule has 1 aromatic heterocycles. The lowest BCUT2D eigenvalue weighted by Gasteiger charge is -2.07. The lowest BCUT2D eigenvalue weighted by molar-refractivity contribution is -0.671. The molecular weight excluding hydrogens is 262 g/mol. The van der Waals surface area contributed by atoms with Crippen LogP contribution < -0.4 is 4.57 Å². The van der Waals surface area contributed by atoms with E-state index in [1.165, 1.54) is 12.5 Å². The number of benzene rings is 1. The average Bonchev–Trinajstić information content (AvgIpc) is 2.37. The monoisotopic (exact) mass is 280 g/mol. The van der Waals surface area contributed by atoms with Crippen molar-refractivity contribution in [3.8, 4) is 0 Å². The Morgan fingerprint density at radius 1 is 1.26 bits per heavy atom. The van der Waals surface area contributed by atoms with Crippen LogP contribution in [0.2, 0.25) is 0 Å². The van der Waals surface area contributed by atoms with Crippen molar-refractivity contribution in [1.29, 1.82) is 0 Å². The van der Waals surface area contributed by atoms with Gasteiger partial charge in [0.2, 0.25) is 5.52 Å². The van der Waals surface area contributed by atoms with E-state index in [2.05, 4.69) is 0 Å². The number of aryl methyl sites for hydroxylation is 2. The second-order valence-electron chi connectivity index (χ2n) is 4.82. The minimum atomic E-state index is -3.95. The van der Waals surface area contributed by atoms with E-state index in [0.717, 1.165) is 10.9 Å². The summed E-state index contributed by atoms with van der Waals surface area (Å²) in [5.41, 5.74) is 2.26. The molecule has 1 aromatic carbocycles. The Morgan fingerprint density at radius 3 is 2.63 bits per heavy atom. The van der Waals surface area contributed by atoms with Crippen molar-refractivity contribution >= 4 is 21.0 Å². The van der Waals surface area contributed by atoms with Crippen LogP contribution in [0, 0.1) is 6.92 Å². The summed E-state index contributed by atoms with van der Waals surface area (Å²) < 4.78 is 33.0. The third kappa shape index (κ3) is 3.11. The zero-order valence-corrected chi connectivity index (χ0v) is 11.9. The summed E-state index contributed by atoms with van der Waals surface area (Å²) in [6.45, 7) is 4.13. The largest absolute Gasteiger partial charge is 0.285 e. The van der Waals surface area contributed by atoms with Crippen molar-refractivity contribution in [3.05, 3.63) is 42.1 Å². The molecule has 0 aliphatic carbocycles. The fourth-order valence-electron chi connectivity index (χ4n) is 2.09. The van der Waals surface area contributed by atoms with E-state index in [0.29, 0.717) is 13.0 Å². The summed E-state index contributed by atoms with van der Waals surface area (Å²) in [7, 11) is -3.95. The van der Waals surface area contributed by atoms with E-state index >= 15 is 0 Å². The summed E-state index contributed by atoms with van der Waals surface area (Å²) >= 11 is 0. The molecule has 0 aliphatic heterocycles. The Morgan fingerprint density at radius 2 is 1.95 bits per heavy atom. The predicted molar refractivity (Wildman–Crippen MR) is 74.5 cm³/mol. The van der Waals surface area contributed by atoms with Gasteiger partial charge < -0.3 is 0 Å². The van der Waals surface area contributed by atoms with Crippen LogP contribution in [0.5, 0.6) is 0 Å². The van der Waals surface area contributed by atoms with Gasteiger partial charge in [0.05, 0.1) is 5.25 Å². The first-order chi connectivity index (χ1) is 8.89. The zero-order valence-electron chi connectivity index (χ0n) is 11.1. The first kappa shape index (κ1) is 14.0. The van der Waals surface area contributed by atoms with Gasteiger partial charge in [-0.1, -0.05) is 12.1 Å². The Labute approximate surface area is 113 Å². The summed E-state index contributed by atoms with van der Waals surface area (Å²) in [5.74, 6) is 0. The number of aromatic nitrogens is 1. The molecule has 0 spiro atoms. The minimum Gasteiger partial charge on any atom is -0.285 e. The molecule has 102 valence electrons. The molecule has 5 heteroatoms. The molecule has 2 rings (SSSR count). The first-order valence-electron chi connectivity index (χ1n) is 6.23. The molecule has 0 radical (unpaired) electrons. The van der Waals surface area contributed by atoms with Gasteiger partial charge in [0.15, 0.2) is 6.20 Å². The maximum absolute atomic E-state index is 11.0. The SMILES string of the molecule is Cc1cc[n+](CCC(C)S(=O)(=O)O)c2ccccc12. The number of rotatable bonds is 4. The predicted octanol–water partition coefficient (Wildman–Crippen LogP) is 2.10. The number of hydrogen-bond acceptors (Lipinski definition) is 2. The average molecular weight is 280 g/mol. The lowest BCUT2D eigenvalue weighted by Crippen LogP contribution is -2.36. The highest BCUT2D eigenvalue weighted by atomic mass is 32.2. The molecular formula is C14H18NO3S+. The maximum Gasteiger partial charge on any atom is 0.267 e. The summed E-state index contributed by atoms with van der Waals surface area (Å²) in [4.78, 5) is 0. The van der Waals surface area contributed by atoms with Crippen LogP contribution in [0.25, 0.3) is 10.9 Å². The molecule has 1 N–H and O–H groups in total. The molecule has 0 aliphatic rings. The van der Waals surface area contributed by atoms with E-state index in [9.17, 15) is 8.42 Å². The topological polar surface area (TPSA) is 58.2 Å². The number of fused-ring (bicyclic) bond motifs is 1. The summed E-state index contributed by atoms with van der Waals surface area (Å²) in [6.07, 6.45) is 2.34. The standard InChI is InChI=1S/C14H17NO3S/c1-11-7-9-15(10-8-12(2)19(16,17)18)14-6-4-3-5-13(11)14/h3-7,9,12H,8,10H2,1-2H3/p+1. The number of para-hydroxylation sites is 1. The smallest absolute Gasteiger partial charge is 0.267 e. The highest BCUT2D eigenvalue weighted by molar-refractivity contribution is 7.86. The van der Waals surface area contributed by atoms with E-state index in [-0.39, 0.29) is 0 Å². The molecule has 1 atom stereocenters. The van der Waals surface area contributed by atoms with Crippen LogP contribution in [-0.2, 0) is 16.7 Å². The van der Waals surface area contributed by atoms with E-state index in [1.54, 1.807) is 0 Å². The molecule has 0 bridgehead atoms. The van der Waals surface area contributed by atoms with Gasteiger partial charge in [0.1, 0.15) is 6.54 Å². The Kier molecular flexibility index (Phi) is 3.87. The fraction of sp³-hybridized carbons (Fsp3) is 0.357. The van der Waals surface area contributed by atoms with Crippen LogP contribution in [0.1, 0.15) is 18.9 Å². The summed E-state index contributed by atoms with van der Waals surface area (Å²) in [5, 5.41) is 0.407. The van der Waals surface area contributed by atoms with Crippen molar-refractivity contribution in [2.24, 2.45) is 0 Å². The van der Waals surface area contributed by atoms with Gasteiger partial charge in [0.25, 0.3) is 10.1 Å². The normalized spacial score (nSPS) is 13.6. The molecule has 1 unspecified atom stereocenters. The van der Waals surface area contributed by atoms with Gasteiger partial charge in [-0.25, -0.2) is 0 Å². The second kappa shape index (κ2) is 5.27. The van der Waals surface area contributed by atoms with Gasteiger partial charge in [-0.15, -0.1) is 0 Å². The maximum atomic E-state index is 11.0. The van der Waals surface area contributed by atoms with Crippen LogP contribution in [0.15, 0.2) is 36.5 Å². The lowest BCUT2D eigenvalue weighted by atomic mass is 10.1. The van der Waals surface area contributed by atoms with Crippen molar-refractivity contribution in [2.75, 3.05) is 0 Å². The Bertz CT molecular complexity index is 695. The Hall–Kier alpha value is -1.46. The molecule has 0 fully saturated rings. The number of hydrogen-bond donors (Lipinski definition) is 1. The van der Waals surface area contributed by atoms with Crippen LogP contribution in [0.3, 0.4) is 0 Å². The highest BCUT2D eigenvalue weighted by Gasteiger charge is 2.20. The van der Waals surface area contributed by atoms with E-state index in [1.807, 2.05) is 48.0 Å². The van der Waals surface area contributed by atoms with Crippen LogP contribution in [0.4, 0.5) is 0 Å². The molecule has 19 heavy (non-hydrogen) atoms. The second-order valence-corrected chi connectivity index (χ2v) is 6.66. The Balaban J connectivity index is 2.30. The fourth-order valence-corrected chi connectivity index (χ4v) is 2.50. The summed E-state index contributed by atoms with van der Waals surface area (Å²) in [6, 6.07) is 10.0. The van der Waals surface area contributed by atoms with Crippen LogP contribution in [-0.4, -0.2) is 18.2 Å². The van der Waals surface area contributed by atoms with Gasteiger partial charge in [-0.3, -0.25) is 4.55 Å². The third-order valence-corrected chi connectivity index (χ3v) is 4.68. The van der Waals surface area contributed by atoms with Gasteiger partial charge in [-0.2, -0.15) is 13.0 Å². The van der Waals surface area contributed by atoms with Crippen molar-refractivity contribution < 1.29 is 17.5 Å². The number of nitrogens with zero attached hydrogens (tertiary/aromatic N) is 1. The van der Waals surface area contributed by atoms with Crippen molar-refractivity contribution in [3.63, 3.8) is 0 Å². The minimum absolute atomic E-state index is 0.385. The van der Waals surface area contributed by atoms with E-state index < -0.39 is 15.4 Å². The van der Waals surface area contributed by atoms with Crippen molar-refractivity contribution in [2.45, 2.75) is 32.1 Å². The van der Waals surface area contributed by atoms with Gasteiger partial charge >= 0.3 is 0 Å². The van der Waals surface area contributed by atoms with Crippen LogP contribution >= 0.6 is 0 Å². The van der Waals surface area contributed by atoms with Gasteiger partial charge in [-0.05, 0) is 25.5 Å². The molecule has 0 amide bonds. The first-order valence-corrected chi connectivity index (χ1v) is 7.74. The van der Waals surface area contributed by atoms with Crippen molar-refractivity contribution in [1.82, 2.24) is 0 Å². The van der Waals surface area contributed by atoms with Gasteiger partial charge in [0, 0.05) is 23.9 Å². The molecule has 0 saturated carbocycles. The molecule has 1 heterocycles.